The lowest BCUT2D eigenvalue weighted by molar-refractivity contribution is 0.0518. The minimum atomic E-state index is -0.642. The summed E-state index contributed by atoms with van der Waals surface area (Å²) in [6.07, 6.45) is -0.553. The number of pyridine rings is 1. The molecular formula is C26H26N4O3. The van der Waals surface area contributed by atoms with Crippen molar-refractivity contribution in [2.75, 3.05) is 5.32 Å². The van der Waals surface area contributed by atoms with Gasteiger partial charge >= 0.3 is 6.09 Å². The van der Waals surface area contributed by atoms with E-state index in [-0.39, 0.29) is 0 Å². The van der Waals surface area contributed by atoms with Gasteiger partial charge in [0.25, 0.3) is 0 Å². The Hall–Kier alpha value is -4.13. The topological polar surface area (TPSA) is 78.3 Å². The largest absolute Gasteiger partial charge is 0.473 e. The van der Waals surface area contributed by atoms with Gasteiger partial charge in [-0.1, -0.05) is 66.7 Å². The first-order chi connectivity index (χ1) is 15.9. The van der Waals surface area contributed by atoms with Gasteiger partial charge in [0.05, 0.1) is 5.69 Å². The number of carbonyl (C=O) groups excluding carboxylic acids is 1. The quantitative estimate of drug-likeness (QED) is 0.392. The van der Waals surface area contributed by atoms with Crippen LogP contribution in [0.2, 0.25) is 0 Å². The van der Waals surface area contributed by atoms with Crippen LogP contribution in [0, 0.1) is 0 Å². The predicted octanol–water partition coefficient (Wildman–Crippen LogP) is 6.05. The Kier molecular flexibility index (Phi) is 6.40. The molecule has 0 radical (unpaired) electrons. The van der Waals surface area contributed by atoms with Gasteiger partial charge in [0.2, 0.25) is 5.88 Å². The second-order valence-corrected chi connectivity index (χ2v) is 8.43. The maximum absolute atomic E-state index is 12.8. The van der Waals surface area contributed by atoms with Crippen molar-refractivity contribution in [3.05, 3.63) is 90.5 Å². The molecule has 4 rings (SSSR count). The number of aromatic nitrogens is 3. The number of benzene rings is 2. The van der Waals surface area contributed by atoms with E-state index in [1.54, 1.807) is 12.1 Å². The lowest BCUT2D eigenvalue weighted by atomic mass is 10.1. The Balaban J connectivity index is 1.56. The number of anilines is 2. The fourth-order valence-corrected chi connectivity index (χ4v) is 3.13. The van der Waals surface area contributed by atoms with Crippen molar-refractivity contribution in [2.45, 2.75) is 33.0 Å². The van der Waals surface area contributed by atoms with Gasteiger partial charge in [-0.3, -0.25) is 0 Å². The van der Waals surface area contributed by atoms with E-state index in [2.05, 4.69) is 15.4 Å². The van der Waals surface area contributed by atoms with E-state index >= 15 is 0 Å². The number of hydrogen-bond acceptors (Lipinski definition) is 6. The van der Waals surface area contributed by atoms with Crippen LogP contribution in [0.4, 0.5) is 16.4 Å². The highest BCUT2D eigenvalue weighted by molar-refractivity contribution is 5.79. The van der Waals surface area contributed by atoms with E-state index in [0.717, 1.165) is 11.1 Å². The van der Waals surface area contributed by atoms with Crippen LogP contribution < -0.4 is 10.1 Å². The zero-order valence-corrected chi connectivity index (χ0v) is 18.9. The van der Waals surface area contributed by atoms with E-state index in [0.29, 0.717) is 29.8 Å². The Morgan fingerprint density at radius 3 is 2.30 bits per heavy atom. The number of rotatable bonds is 6. The molecule has 0 fully saturated rings. The smallest absolute Gasteiger partial charge is 0.435 e. The number of carbonyl (C=O) groups is 1. The molecule has 0 unspecified atom stereocenters. The average Bonchev–Trinajstić information content (AvgIpc) is 3.22. The molecule has 0 aliphatic heterocycles. The first-order valence-electron chi connectivity index (χ1n) is 10.7. The van der Waals surface area contributed by atoms with Crippen molar-refractivity contribution < 1.29 is 14.3 Å². The maximum atomic E-state index is 12.8. The normalized spacial score (nSPS) is 11.1. The Morgan fingerprint density at radius 1 is 0.909 bits per heavy atom. The van der Waals surface area contributed by atoms with Crippen molar-refractivity contribution in [2.24, 2.45) is 0 Å². The summed E-state index contributed by atoms with van der Waals surface area (Å²) in [7, 11) is 0. The lowest BCUT2D eigenvalue weighted by Crippen LogP contribution is -2.28. The second-order valence-electron chi connectivity index (χ2n) is 8.43. The van der Waals surface area contributed by atoms with E-state index in [1.165, 1.54) is 4.68 Å². The van der Waals surface area contributed by atoms with E-state index in [4.69, 9.17) is 9.47 Å². The molecule has 0 saturated heterocycles. The van der Waals surface area contributed by atoms with Gasteiger partial charge in [-0.15, -0.1) is 5.10 Å². The van der Waals surface area contributed by atoms with Crippen LogP contribution in [-0.4, -0.2) is 26.5 Å². The van der Waals surface area contributed by atoms with E-state index in [1.807, 2.05) is 93.6 Å². The molecule has 0 amide bonds. The number of ether oxygens (including phenoxy) is 2. The highest BCUT2D eigenvalue weighted by atomic mass is 16.6. The standard InChI is InChI=1S/C26H26N4O3/c1-26(2,3)33-25(31)30-21(20-13-8-5-9-14-20)17-23(29-30)27-22-15-10-16-24(28-22)32-18-19-11-6-4-7-12-19/h4-17H,18H2,1-3H3,(H,27,28,29). The fraction of sp³-hybridized carbons (Fsp3) is 0.192. The average molecular weight is 443 g/mol. The Bertz CT molecular complexity index is 1220. The third-order valence-electron chi connectivity index (χ3n) is 4.55. The molecule has 0 aliphatic carbocycles. The molecule has 7 nitrogen and oxygen atoms in total. The third kappa shape index (κ3) is 5.98. The summed E-state index contributed by atoms with van der Waals surface area (Å²) in [6.45, 7) is 5.88. The molecular weight excluding hydrogens is 416 g/mol. The fourth-order valence-electron chi connectivity index (χ4n) is 3.13. The van der Waals surface area contributed by atoms with Gasteiger partial charge in [-0.25, -0.2) is 4.79 Å². The summed E-state index contributed by atoms with van der Waals surface area (Å²) in [5.41, 5.74) is 1.87. The Labute approximate surface area is 193 Å². The van der Waals surface area contributed by atoms with Crippen molar-refractivity contribution >= 4 is 17.7 Å². The molecule has 0 spiro atoms. The highest BCUT2D eigenvalue weighted by Gasteiger charge is 2.22. The third-order valence-corrected chi connectivity index (χ3v) is 4.55. The summed E-state index contributed by atoms with van der Waals surface area (Å²) in [5, 5.41) is 7.60. The molecule has 1 N–H and O–H groups in total. The van der Waals surface area contributed by atoms with Crippen LogP contribution in [0.1, 0.15) is 26.3 Å². The monoisotopic (exact) mass is 442 g/mol. The molecule has 0 atom stereocenters. The van der Waals surface area contributed by atoms with Crippen LogP contribution in [-0.2, 0) is 11.3 Å². The van der Waals surface area contributed by atoms with Gasteiger partial charge < -0.3 is 14.8 Å². The maximum Gasteiger partial charge on any atom is 0.435 e. The molecule has 0 aliphatic rings. The minimum absolute atomic E-state index is 0.419. The van der Waals surface area contributed by atoms with Gasteiger partial charge in [0.15, 0.2) is 5.82 Å². The molecule has 0 bridgehead atoms. The molecule has 33 heavy (non-hydrogen) atoms. The number of nitrogens with one attached hydrogen (secondary N) is 1. The van der Waals surface area contributed by atoms with Gasteiger partial charge in [-0.05, 0) is 32.4 Å². The Morgan fingerprint density at radius 2 is 1.61 bits per heavy atom. The van der Waals surface area contributed by atoms with Crippen LogP contribution in [0.5, 0.6) is 5.88 Å². The van der Waals surface area contributed by atoms with Crippen molar-refractivity contribution in [1.82, 2.24) is 14.8 Å². The van der Waals surface area contributed by atoms with E-state index in [9.17, 15) is 4.79 Å². The van der Waals surface area contributed by atoms with Crippen molar-refractivity contribution in [1.29, 1.82) is 0 Å². The molecule has 7 heteroatoms. The zero-order valence-electron chi connectivity index (χ0n) is 18.9. The minimum Gasteiger partial charge on any atom is -0.473 e. The molecule has 2 aromatic heterocycles. The number of hydrogen-bond donors (Lipinski definition) is 1. The van der Waals surface area contributed by atoms with Crippen LogP contribution in [0.25, 0.3) is 11.3 Å². The first-order valence-corrected chi connectivity index (χ1v) is 10.7. The first kappa shape index (κ1) is 22.1. The van der Waals surface area contributed by atoms with Crippen LogP contribution in [0.15, 0.2) is 84.9 Å². The summed E-state index contributed by atoms with van der Waals surface area (Å²) in [5.74, 6) is 1.50. The van der Waals surface area contributed by atoms with Crippen LogP contribution >= 0.6 is 0 Å². The SMILES string of the molecule is CC(C)(C)OC(=O)n1nc(Nc2cccc(OCc3ccccc3)n2)cc1-c1ccccc1. The lowest BCUT2D eigenvalue weighted by Gasteiger charge is -2.19. The van der Waals surface area contributed by atoms with Gasteiger partial charge in [-0.2, -0.15) is 9.67 Å². The molecule has 2 heterocycles. The summed E-state index contributed by atoms with van der Waals surface area (Å²) in [4.78, 5) is 17.3. The molecule has 2 aromatic carbocycles. The summed E-state index contributed by atoms with van der Waals surface area (Å²) >= 11 is 0. The van der Waals surface area contributed by atoms with Gasteiger partial charge in [0, 0.05) is 17.7 Å². The van der Waals surface area contributed by atoms with Gasteiger partial charge in [0.1, 0.15) is 18.0 Å². The van der Waals surface area contributed by atoms with Crippen LogP contribution in [0.3, 0.4) is 0 Å². The molecule has 4 aromatic rings. The summed E-state index contributed by atoms with van der Waals surface area (Å²) in [6, 6.07) is 26.7. The van der Waals surface area contributed by atoms with Crippen molar-refractivity contribution in [3.63, 3.8) is 0 Å². The highest BCUT2D eigenvalue weighted by Crippen LogP contribution is 2.26. The van der Waals surface area contributed by atoms with E-state index < -0.39 is 11.7 Å². The molecule has 168 valence electrons. The zero-order chi connectivity index (χ0) is 23.3. The molecule has 0 saturated carbocycles. The number of nitrogens with zero attached hydrogens (tertiary/aromatic N) is 3. The predicted molar refractivity (Wildman–Crippen MR) is 128 cm³/mol. The second kappa shape index (κ2) is 9.56. The van der Waals surface area contributed by atoms with Crippen molar-refractivity contribution in [3.8, 4) is 17.1 Å². The summed E-state index contributed by atoms with van der Waals surface area (Å²) < 4.78 is 12.6.